The fourth-order valence-corrected chi connectivity index (χ4v) is 5.72. The van der Waals surface area contributed by atoms with E-state index in [0.717, 1.165) is 43.6 Å². The third kappa shape index (κ3) is 4.59. The molecule has 2 aromatic carbocycles. The number of rotatable bonds is 7. The predicted molar refractivity (Wildman–Crippen MR) is 149 cm³/mol. The number of aliphatic imine (C=N–C) groups is 1. The molecule has 3 heteroatoms. The molecule has 0 saturated carbocycles. The zero-order chi connectivity index (χ0) is 25.3. The molecule has 3 rings (SSSR count). The van der Waals surface area contributed by atoms with Gasteiger partial charge in [-0.05, 0) is 70.2 Å². The van der Waals surface area contributed by atoms with Crippen LogP contribution in [0.3, 0.4) is 0 Å². The third-order valence-corrected chi connectivity index (χ3v) is 8.15. The maximum absolute atomic E-state index is 9.55. The fraction of sp³-hybridized carbons (Fsp3) is 0.548. The Morgan fingerprint density at radius 1 is 1.00 bits per heavy atom. The van der Waals surface area contributed by atoms with Gasteiger partial charge in [0.2, 0.25) is 0 Å². The van der Waals surface area contributed by atoms with Crippen molar-refractivity contribution in [3.8, 4) is 0 Å². The smallest absolute Gasteiger partial charge is 0.141 e. The van der Waals surface area contributed by atoms with Gasteiger partial charge in [0.15, 0.2) is 0 Å². The first-order valence-corrected chi connectivity index (χ1v) is 13.2. The summed E-state index contributed by atoms with van der Waals surface area (Å²) in [5, 5.41) is 9.55. The molecule has 0 aliphatic carbocycles. The highest BCUT2D eigenvalue weighted by Gasteiger charge is 2.43. The van der Waals surface area contributed by atoms with Crippen LogP contribution in [0.2, 0.25) is 0 Å². The lowest BCUT2D eigenvalue weighted by atomic mass is 9.67. The van der Waals surface area contributed by atoms with Gasteiger partial charge >= 0.3 is 0 Å². The first-order chi connectivity index (χ1) is 16.0. The van der Waals surface area contributed by atoms with Crippen LogP contribution >= 0.6 is 0 Å². The summed E-state index contributed by atoms with van der Waals surface area (Å²) in [7, 11) is 0. The van der Waals surface area contributed by atoms with Crippen molar-refractivity contribution in [2.75, 3.05) is 4.90 Å². The van der Waals surface area contributed by atoms with Crippen molar-refractivity contribution < 1.29 is 0 Å². The molecule has 1 unspecified atom stereocenters. The molecule has 1 atom stereocenters. The van der Waals surface area contributed by atoms with Crippen molar-refractivity contribution in [2.24, 2.45) is 10.4 Å². The number of unbranched alkanes of at least 4 members (excludes halogenated alkanes) is 1. The Kier molecular flexibility index (Phi) is 7.75. The van der Waals surface area contributed by atoms with E-state index in [4.69, 9.17) is 4.99 Å². The molecule has 0 saturated heterocycles. The maximum Gasteiger partial charge on any atom is 0.141 e. The highest BCUT2D eigenvalue weighted by atomic mass is 15.2. The molecular weight excluding hydrogens is 414 g/mol. The quantitative estimate of drug-likeness (QED) is 0.327. The van der Waals surface area contributed by atoms with Crippen LogP contribution < -0.4 is 4.90 Å². The van der Waals surface area contributed by atoms with Gasteiger partial charge in [-0.1, -0.05) is 82.9 Å². The molecule has 3 nitrogen and oxygen atoms in total. The van der Waals surface area contributed by atoms with Crippen LogP contribution in [0.15, 0.2) is 41.4 Å². The number of fused-ring (bicyclic) bond motifs is 1. The monoisotopic (exact) mass is 459 g/mol. The van der Waals surface area contributed by atoms with Crippen molar-refractivity contribution in [1.29, 1.82) is 5.41 Å². The Balaban J connectivity index is 2.30. The highest BCUT2D eigenvalue weighted by molar-refractivity contribution is 6.26. The van der Waals surface area contributed by atoms with Gasteiger partial charge in [-0.25, -0.2) is 0 Å². The van der Waals surface area contributed by atoms with Crippen LogP contribution in [-0.4, -0.2) is 17.7 Å². The van der Waals surface area contributed by atoms with Gasteiger partial charge < -0.3 is 0 Å². The van der Waals surface area contributed by atoms with E-state index in [9.17, 15) is 5.41 Å². The van der Waals surface area contributed by atoms with Crippen LogP contribution in [0.1, 0.15) is 101 Å². The number of amidine groups is 2. The minimum atomic E-state index is -0.257. The van der Waals surface area contributed by atoms with Gasteiger partial charge in [0.05, 0.1) is 11.7 Å². The van der Waals surface area contributed by atoms with Gasteiger partial charge in [-0.3, -0.25) is 15.3 Å². The Bertz CT molecular complexity index is 1070. The highest BCUT2D eigenvalue weighted by Crippen LogP contribution is 2.44. The number of nitrogens with zero attached hydrogens (tertiary/aromatic N) is 2. The Morgan fingerprint density at radius 2 is 1.62 bits per heavy atom. The fourth-order valence-electron chi connectivity index (χ4n) is 5.72. The lowest BCUT2D eigenvalue weighted by Crippen LogP contribution is -2.50. The molecule has 0 spiro atoms. The molecule has 0 radical (unpaired) electrons. The van der Waals surface area contributed by atoms with E-state index in [2.05, 4.69) is 104 Å². The molecule has 0 amide bonds. The summed E-state index contributed by atoms with van der Waals surface area (Å²) in [5.74, 6) is 1.57. The van der Waals surface area contributed by atoms with Gasteiger partial charge in [0.25, 0.3) is 0 Å². The molecule has 1 aliphatic heterocycles. The minimum absolute atomic E-state index is 0.0282. The summed E-state index contributed by atoms with van der Waals surface area (Å²) in [5.41, 5.74) is 7.08. The average Bonchev–Trinajstić information content (AvgIpc) is 2.79. The van der Waals surface area contributed by atoms with Gasteiger partial charge in [-0.2, -0.15) is 0 Å². The molecule has 0 fully saturated rings. The molecule has 184 valence electrons. The van der Waals surface area contributed by atoms with E-state index >= 15 is 0 Å². The summed E-state index contributed by atoms with van der Waals surface area (Å²) in [6.07, 6.45) is 5.35. The van der Waals surface area contributed by atoms with Crippen molar-refractivity contribution in [3.05, 3.63) is 64.2 Å². The maximum atomic E-state index is 9.55. The standard InChI is InChI=1S/C31H45N3/c1-10-13-18-30(8,9)29(32)34(27-17-15-21(4)19-23(27)6)28-25-20-22(5)14-16-26(25)31(11-2,12-3)24(7)33-28/h14-17,19-20,24,32H,10-13,18H2,1-9H3. The van der Waals surface area contributed by atoms with E-state index in [1.165, 1.54) is 27.8 Å². The van der Waals surface area contributed by atoms with Gasteiger partial charge in [0, 0.05) is 16.4 Å². The van der Waals surface area contributed by atoms with Crippen molar-refractivity contribution in [2.45, 2.75) is 106 Å². The topological polar surface area (TPSA) is 39.5 Å². The summed E-state index contributed by atoms with van der Waals surface area (Å²) in [4.78, 5) is 7.59. The van der Waals surface area contributed by atoms with E-state index in [0.29, 0.717) is 5.84 Å². The minimum Gasteiger partial charge on any atom is -0.287 e. The van der Waals surface area contributed by atoms with E-state index in [-0.39, 0.29) is 16.9 Å². The lowest BCUT2D eigenvalue weighted by Gasteiger charge is -2.45. The van der Waals surface area contributed by atoms with E-state index < -0.39 is 0 Å². The molecular formula is C31H45N3. The molecule has 0 bridgehead atoms. The van der Waals surface area contributed by atoms with Crippen LogP contribution in [0.5, 0.6) is 0 Å². The first-order valence-electron chi connectivity index (χ1n) is 13.2. The van der Waals surface area contributed by atoms with Crippen LogP contribution in [0.4, 0.5) is 5.69 Å². The molecule has 1 aliphatic rings. The summed E-state index contributed by atoms with van der Waals surface area (Å²) >= 11 is 0. The van der Waals surface area contributed by atoms with Gasteiger partial charge in [0.1, 0.15) is 11.7 Å². The van der Waals surface area contributed by atoms with Crippen molar-refractivity contribution in [3.63, 3.8) is 0 Å². The molecule has 34 heavy (non-hydrogen) atoms. The van der Waals surface area contributed by atoms with Crippen LogP contribution in [-0.2, 0) is 5.41 Å². The normalized spacial score (nSPS) is 17.2. The Morgan fingerprint density at radius 3 is 2.21 bits per heavy atom. The third-order valence-electron chi connectivity index (χ3n) is 8.15. The van der Waals surface area contributed by atoms with Crippen LogP contribution in [0.25, 0.3) is 0 Å². The predicted octanol–water partition coefficient (Wildman–Crippen LogP) is 8.52. The SMILES string of the molecule is CCCCC(C)(C)C(=N)N(C1=NC(C)C(CC)(CC)c2ccc(C)cc21)c1ccc(C)cc1C. The average molecular weight is 460 g/mol. The number of hydrogen-bond acceptors (Lipinski definition) is 2. The van der Waals surface area contributed by atoms with Crippen LogP contribution in [0, 0.1) is 31.6 Å². The summed E-state index contributed by atoms with van der Waals surface area (Å²) in [6, 6.07) is 13.6. The zero-order valence-electron chi connectivity index (χ0n) is 23.0. The number of hydrogen-bond donors (Lipinski definition) is 1. The van der Waals surface area contributed by atoms with Gasteiger partial charge in [-0.15, -0.1) is 0 Å². The second kappa shape index (κ2) is 10.1. The van der Waals surface area contributed by atoms with Crippen molar-refractivity contribution >= 4 is 17.4 Å². The van der Waals surface area contributed by atoms with Crippen molar-refractivity contribution in [1.82, 2.24) is 0 Å². The molecule has 1 N–H and O–H groups in total. The first kappa shape index (κ1) is 26.2. The zero-order valence-corrected chi connectivity index (χ0v) is 23.0. The number of benzene rings is 2. The molecule has 0 aromatic heterocycles. The van der Waals surface area contributed by atoms with E-state index in [1.54, 1.807) is 0 Å². The lowest BCUT2D eigenvalue weighted by molar-refractivity contribution is 0.329. The largest absolute Gasteiger partial charge is 0.287 e. The molecule has 2 aromatic rings. The molecule has 1 heterocycles. The Labute approximate surface area is 208 Å². The Hall–Kier alpha value is -2.42. The second-order valence-electron chi connectivity index (χ2n) is 11.0. The summed E-state index contributed by atoms with van der Waals surface area (Å²) < 4.78 is 0. The number of anilines is 1. The summed E-state index contributed by atoms with van der Waals surface area (Å²) in [6.45, 7) is 20.0. The van der Waals surface area contributed by atoms with E-state index in [1.807, 2.05) is 0 Å². The second-order valence-corrected chi connectivity index (χ2v) is 11.0. The number of aryl methyl sites for hydroxylation is 3. The number of nitrogens with one attached hydrogen (secondary N) is 1.